The van der Waals surface area contributed by atoms with Crippen molar-refractivity contribution in [1.82, 2.24) is 9.55 Å². The standard InChI is InChI=1S/C22H18FN3/c1-15-12-18(14-25-20-7-5-19(23)6-8-20)16(2)26(15)21-9-10-22-17(13-21)4-3-11-24-22/h3-14H,1-2H3. The second-order valence-corrected chi connectivity index (χ2v) is 6.28. The van der Waals surface area contributed by atoms with Crippen LogP contribution in [0.3, 0.4) is 0 Å². The van der Waals surface area contributed by atoms with Gasteiger partial charge in [0, 0.05) is 40.4 Å². The van der Waals surface area contributed by atoms with Crippen molar-refractivity contribution in [2.45, 2.75) is 13.8 Å². The molecule has 0 fully saturated rings. The van der Waals surface area contributed by atoms with Gasteiger partial charge in [-0.1, -0.05) is 6.07 Å². The summed E-state index contributed by atoms with van der Waals surface area (Å²) in [5.74, 6) is -0.257. The molecule has 4 rings (SSSR count). The maximum atomic E-state index is 13.0. The number of nitrogens with zero attached hydrogens (tertiary/aromatic N) is 3. The van der Waals surface area contributed by atoms with Gasteiger partial charge in [0.05, 0.1) is 11.2 Å². The zero-order valence-electron chi connectivity index (χ0n) is 14.6. The molecule has 4 heteroatoms. The normalized spacial score (nSPS) is 11.5. The van der Waals surface area contributed by atoms with E-state index in [1.165, 1.54) is 12.1 Å². The molecule has 0 aliphatic heterocycles. The van der Waals surface area contributed by atoms with Crippen LogP contribution < -0.4 is 0 Å². The Kier molecular flexibility index (Phi) is 4.09. The number of aryl methyl sites for hydroxylation is 1. The number of aromatic nitrogens is 2. The quantitative estimate of drug-likeness (QED) is 0.450. The van der Waals surface area contributed by atoms with Gasteiger partial charge < -0.3 is 4.57 Å². The van der Waals surface area contributed by atoms with Gasteiger partial charge in [0.15, 0.2) is 0 Å². The molecule has 0 aliphatic rings. The summed E-state index contributed by atoms with van der Waals surface area (Å²) in [4.78, 5) is 8.84. The second kappa shape index (κ2) is 6.56. The Hall–Kier alpha value is -3.27. The average molecular weight is 343 g/mol. The van der Waals surface area contributed by atoms with Crippen molar-refractivity contribution in [3.05, 3.63) is 89.6 Å². The highest BCUT2D eigenvalue weighted by molar-refractivity contribution is 5.85. The molecule has 4 aromatic rings. The number of rotatable bonds is 3. The topological polar surface area (TPSA) is 30.2 Å². The van der Waals surface area contributed by atoms with E-state index >= 15 is 0 Å². The first-order valence-electron chi connectivity index (χ1n) is 8.45. The van der Waals surface area contributed by atoms with Crippen molar-refractivity contribution in [1.29, 1.82) is 0 Å². The molecule has 3 nitrogen and oxygen atoms in total. The molecule has 0 spiro atoms. The largest absolute Gasteiger partial charge is 0.318 e. The minimum absolute atomic E-state index is 0.257. The van der Waals surface area contributed by atoms with Gasteiger partial charge >= 0.3 is 0 Å². The predicted octanol–water partition coefficient (Wildman–Crippen LogP) is 5.53. The van der Waals surface area contributed by atoms with E-state index in [0.29, 0.717) is 0 Å². The lowest BCUT2D eigenvalue weighted by Gasteiger charge is -2.10. The van der Waals surface area contributed by atoms with Gasteiger partial charge in [0.25, 0.3) is 0 Å². The maximum Gasteiger partial charge on any atom is 0.123 e. The van der Waals surface area contributed by atoms with Crippen molar-refractivity contribution in [3.63, 3.8) is 0 Å². The molecule has 26 heavy (non-hydrogen) atoms. The van der Waals surface area contributed by atoms with Crippen molar-refractivity contribution >= 4 is 22.8 Å². The Morgan fingerprint density at radius 1 is 1.00 bits per heavy atom. The third kappa shape index (κ3) is 3.02. The summed E-state index contributed by atoms with van der Waals surface area (Å²) in [5, 5.41) is 1.11. The molecule has 2 heterocycles. The van der Waals surface area contributed by atoms with E-state index in [4.69, 9.17) is 0 Å². The molecule has 128 valence electrons. The van der Waals surface area contributed by atoms with Crippen LogP contribution in [0.15, 0.2) is 71.9 Å². The lowest BCUT2D eigenvalue weighted by molar-refractivity contribution is 0.628. The van der Waals surface area contributed by atoms with Crippen molar-refractivity contribution in [2.75, 3.05) is 0 Å². The Morgan fingerprint density at radius 2 is 1.81 bits per heavy atom. The van der Waals surface area contributed by atoms with E-state index in [2.05, 4.69) is 52.7 Å². The third-order valence-corrected chi connectivity index (χ3v) is 4.49. The summed E-state index contributed by atoms with van der Waals surface area (Å²) < 4.78 is 15.2. The van der Waals surface area contributed by atoms with Gasteiger partial charge in [0.2, 0.25) is 0 Å². The van der Waals surface area contributed by atoms with Crippen LogP contribution in [0.25, 0.3) is 16.6 Å². The van der Waals surface area contributed by atoms with Gasteiger partial charge in [-0.3, -0.25) is 9.98 Å². The van der Waals surface area contributed by atoms with Crippen molar-refractivity contribution in [3.8, 4) is 5.69 Å². The number of fused-ring (bicyclic) bond motifs is 1. The molecule has 0 amide bonds. The number of benzene rings is 2. The molecule has 0 radical (unpaired) electrons. The third-order valence-electron chi connectivity index (χ3n) is 4.49. The zero-order valence-corrected chi connectivity index (χ0v) is 14.6. The summed E-state index contributed by atoms with van der Waals surface area (Å²) in [6, 6.07) is 18.5. The van der Waals surface area contributed by atoms with Crippen LogP contribution in [0.4, 0.5) is 10.1 Å². The van der Waals surface area contributed by atoms with Gasteiger partial charge in [-0.05, 0) is 68.4 Å². The number of aliphatic imine (C=N–C) groups is 1. The smallest absolute Gasteiger partial charge is 0.123 e. The summed E-state index contributed by atoms with van der Waals surface area (Å²) in [6.45, 7) is 4.15. The number of halogens is 1. The lowest BCUT2D eigenvalue weighted by Crippen LogP contribution is -1.99. The van der Waals surface area contributed by atoms with Gasteiger partial charge in [-0.25, -0.2) is 4.39 Å². The monoisotopic (exact) mass is 343 g/mol. The first-order valence-corrected chi connectivity index (χ1v) is 8.45. The fraction of sp³-hybridized carbons (Fsp3) is 0.0909. The van der Waals surface area contributed by atoms with Crippen LogP contribution in [-0.2, 0) is 0 Å². The van der Waals surface area contributed by atoms with E-state index in [1.54, 1.807) is 18.3 Å². The van der Waals surface area contributed by atoms with Crippen LogP contribution >= 0.6 is 0 Å². The molecular formula is C22H18FN3. The molecule has 2 aromatic heterocycles. The predicted molar refractivity (Wildman–Crippen MR) is 104 cm³/mol. The highest BCUT2D eigenvalue weighted by Crippen LogP contribution is 2.23. The molecule has 0 N–H and O–H groups in total. The molecule has 0 saturated heterocycles. The van der Waals surface area contributed by atoms with E-state index in [1.807, 2.05) is 18.3 Å². The maximum absolute atomic E-state index is 13.0. The van der Waals surface area contributed by atoms with E-state index < -0.39 is 0 Å². The minimum Gasteiger partial charge on any atom is -0.318 e. The number of hydrogen-bond acceptors (Lipinski definition) is 2. The van der Waals surface area contributed by atoms with Crippen LogP contribution in [0.5, 0.6) is 0 Å². The van der Waals surface area contributed by atoms with Crippen LogP contribution in [-0.4, -0.2) is 15.8 Å². The lowest BCUT2D eigenvalue weighted by atomic mass is 10.2. The second-order valence-electron chi connectivity index (χ2n) is 6.28. The zero-order chi connectivity index (χ0) is 18.1. The van der Waals surface area contributed by atoms with Gasteiger partial charge in [0.1, 0.15) is 5.82 Å². The molecule has 0 atom stereocenters. The molecule has 0 bridgehead atoms. The Balaban J connectivity index is 1.72. The molecule has 0 saturated carbocycles. The van der Waals surface area contributed by atoms with Crippen LogP contribution in [0.1, 0.15) is 17.0 Å². The van der Waals surface area contributed by atoms with Gasteiger partial charge in [-0.2, -0.15) is 0 Å². The van der Waals surface area contributed by atoms with E-state index in [-0.39, 0.29) is 5.82 Å². The minimum atomic E-state index is -0.257. The fourth-order valence-corrected chi connectivity index (χ4v) is 3.19. The fourth-order valence-electron chi connectivity index (χ4n) is 3.19. The molecule has 2 aromatic carbocycles. The van der Waals surface area contributed by atoms with Crippen LogP contribution in [0.2, 0.25) is 0 Å². The SMILES string of the molecule is Cc1cc(C=Nc2ccc(F)cc2)c(C)n1-c1ccc2ncccc2c1. The summed E-state index contributed by atoms with van der Waals surface area (Å²) in [5.41, 5.74) is 6.09. The highest BCUT2D eigenvalue weighted by Gasteiger charge is 2.10. The van der Waals surface area contributed by atoms with E-state index in [0.717, 1.165) is 39.2 Å². The first-order chi connectivity index (χ1) is 12.6. The highest BCUT2D eigenvalue weighted by atomic mass is 19.1. The Bertz CT molecular complexity index is 1110. The van der Waals surface area contributed by atoms with Crippen molar-refractivity contribution in [2.24, 2.45) is 4.99 Å². The van der Waals surface area contributed by atoms with E-state index in [9.17, 15) is 4.39 Å². The summed E-state index contributed by atoms with van der Waals surface area (Å²) in [7, 11) is 0. The van der Waals surface area contributed by atoms with Crippen molar-refractivity contribution < 1.29 is 4.39 Å². The van der Waals surface area contributed by atoms with Crippen LogP contribution in [0, 0.1) is 19.7 Å². The summed E-state index contributed by atoms with van der Waals surface area (Å²) >= 11 is 0. The molecule has 0 unspecified atom stereocenters. The summed E-state index contributed by atoms with van der Waals surface area (Å²) in [6.07, 6.45) is 3.63. The Morgan fingerprint density at radius 3 is 2.62 bits per heavy atom. The molecular weight excluding hydrogens is 325 g/mol. The average Bonchev–Trinajstić information content (AvgIpc) is 2.94. The van der Waals surface area contributed by atoms with Gasteiger partial charge in [-0.15, -0.1) is 0 Å². The molecule has 0 aliphatic carbocycles. The number of hydrogen-bond donors (Lipinski definition) is 0. The Labute approximate surface area is 151 Å². The number of pyridine rings is 1. The first kappa shape index (κ1) is 16.2.